The first-order chi connectivity index (χ1) is 13.8. The number of hydrogen-bond acceptors (Lipinski definition) is 6. The summed E-state index contributed by atoms with van der Waals surface area (Å²) in [4.78, 5) is 11.0. The number of carboxylic acid groups (broad SMARTS) is 1. The molecule has 0 spiro atoms. The molecule has 3 aromatic rings. The molecule has 0 saturated heterocycles. The summed E-state index contributed by atoms with van der Waals surface area (Å²) in [6, 6.07) is 7.40. The molecule has 0 saturated carbocycles. The van der Waals surface area contributed by atoms with Gasteiger partial charge in [0.15, 0.2) is 0 Å². The summed E-state index contributed by atoms with van der Waals surface area (Å²) in [6.45, 7) is 0. The molecule has 0 amide bonds. The molecule has 0 radical (unpaired) electrons. The fourth-order valence-electron chi connectivity index (χ4n) is 2.21. The highest BCUT2D eigenvalue weighted by molar-refractivity contribution is 7.78. The van der Waals surface area contributed by atoms with Crippen molar-refractivity contribution in [3.8, 4) is 23.5 Å². The van der Waals surface area contributed by atoms with Crippen LogP contribution in [0.15, 0.2) is 36.4 Å². The van der Waals surface area contributed by atoms with Gasteiger partial charge >= 0.3 is 5.97 Å². The Morgan fingerprint density at radius 2 is 2.00 bits per heavy atom. The molecule has 2 aromatic carbocycles. The lowest BCUT2D eigenvalue weighted by Crippen LogP contribution is -2.00. The van der Waals surface area contributed by atoms with Crippen LogP contribution in [0, 0.1) is 23.5 Å². The summed E-state index contributed by atoms with van der Waals surface area (Å²) in [5.41, 5.74) is -0.164. The number of nitrogens with one attached hydrogen (secondary N) is 1. The molecule has 1 aromatic heterocycles. The van der Waals surface area contributed by atoms with Gasteiger partial charge in [0.25, 0.3) is 5.88 Å². The number of benzene rings is 2. The van der Waals surface area contributed by atoms with E-state index in [9.17, 15) is 22.3 Å². The number of carbonyl (C=O) groups is 1. The van der Waals surface area contributed by atoms with E-state index in [1.807, 2.05) is 0 Å². The minimum atomic E-state index is -2.42. The van der Waals surface area contributed by atoms with Crippen LogP contribution >= 0.6 is 0 Å². The number of aromatic nitrogens is 3. The number of rotatable bonds is 5. The quantitative estimate of drug-likeness (QED) is 0.481. The monoisotopic (exact) mass is 418 g/mol. The van der Waals surface area contributed by atoms with Crippen molar-refractivity contribution in [3.05, 3.63) is 70.4 Å². The fraction of sp³-hybridized carbons (Fsp3) is 0.0556. The molecule has 0 aliphatic carbocycles. The van der Waals surface area contributed by atoms with Gasteiger partial charge in [-0.15, -0.1) is 0 Å². The zero-order chi connectivity index (χ0) is 21.0. The van der Waals surface area contributed by atoms with E-state index in [0.29, 0.717) is 0 Å². The average molecular weight is 418 g/mol. The molecule has 1 heterocycles. The number of H-pyrrole nitrogens is 1. The van der Waals surface area contributed by atoms with Gasteiger partial charge in [0.2, 0.25) is 5.69 Å². The normalized spacial score (nSPS) is 11.4. The Bertz CT molecular complexity index is 1170. The highest BCUT2D eigenvalue weighted by Crippen LogP contribution is 2.23. The molecule has 1 atom stereocenters. The van der Waals surface area contributed by atoms with Crippen LogP contribution in [-0.4, -0.2) is 35.2 Å². The van der Waals surface area contributed by atoms with Crippen molar-refractivity contribution in [2.45, 2.75) is 5.75 Å². The van der Waals surface area contributed by atoms with Gasteiger partial charge < -0.3 is 14.4 Å². The minimum Gasteiger partial charge on any atom is -0.772 e. The van der Waals surface area contributed by atoms with Gasteiger partial charge in [-0.2, -0.15) is 0 Å². The third-order valence-corrected chi connectivity index (χ3v) is 4.10. The van der Waals surface area contributed by atoms with E-state index in [0.717, 1.165) is 12.1 Å². The van der Waals surface area contributed by atoms with Crippen LogP contribution in [0.2, 0.25) is 0 Å². The van der Waals surface area contributed by atoms with E-state index in [4.69, 9.17) is 9.84 Å². The van der Waals surface area contributed by atoms with Gasteiger partial charge in [-0.3, -0.25) is 4.21 Å². The van der Waals surface area contributed by atoms with Gasteiger partial charge in [-0.25, -0.2) is 18.7 Å². The summed E-state index contributed by atoms with van der Waals surface area (Å²) in [5, 5.41) is 17.9. The largest absolute Gasteiger partial charge is 0.772 e. The highest BCUT2D eigenvalue weighted by atomic mass is 32.2. The third-order valence-electron chi connectivity index (χ3n) is 3.55. The van der Waals surface area contributed by atoms with Crippen molar-refractivity contribution in [1.82, 2.24) is 15.4 Å². The van der Waals surface area contributed by atoms with E-state index in [2.05, 4.69) is 27.3 Å². The third kappa shape index (κ3) is 5.01. The number of ether oxygens (including phenoxy) is 1. The van der Waals surface area contributed by atoms with Crippen molar-refractivity contribution in [1.29, 1.82) is 0 Å². The molecule has 3 rings (SSSR count). The Labute approximate surface area is 164 Å². The van der Waals surface area contributed by atoms with Crippen LogP contribution in [0.4, 0.5) is 8.78 Å². The average Bonchev–Trinajstić information content (AvgIpc) is 3.11. The van der Waals surface area contributed by atoms with Crippen molar-refractivity contribution in [2.75, 3.05) is 0 Å². The first-order valence-corrected chi connectivity index (χ1v) is 9.06. The van der Waals surface area contributed by atoms with E-state index >= 15 is 0 Å². The maximum absolute atomic E-state index is 14.2. The number of hydrogen-bond donors (Lipinski definition) is 2. The second kappa shape index (κ2) is 8.59. The lowest BCUT2D eigenvalue weighted by molar-refractivity contribution is 0.0687. The first kappa shape index (κ1) is 20.1. The van der Waals surface area contributed by atoms with Crippen LogP contribution in [0.1, 0.15) is 27.2 Å². The lowest BCUT2D eigenvalue weighted by Gasteiger charge is -2.06. The van der Waals surface area contributed by atoms with Crippen LogP contribution in [0.5, 0.6) is 11.6 Å². The van der Waals surface area contributed by atoms with Crippen LogP contribution in [0.25, 0.3) is 0 Å². The maximum Gasteiger partial charge on any atom is 0.359 e. The zero-order valence-electron chi connectivity index (χ0n) is 14.3. The number of nitrogens with zero attached hydrogens (tertiary/aromatic N) is 2. The Balaban J connectivity index is 1.78. The predicted octanol–water partition coefficient (Wildman–Crippen LogP) is 2.35. The molecule has 148 valence electrons. The molecule has 0 fully saturated rings. The zero-order valence-corrected chi connectivity index (χ0v) is 15.1. The molecule has 0 aliphatic heterocycles. The van der Waals surface area contributed by atoms with Crippen LogP contribution in [-0.2, 0) is 16.8 Å². The summed E-state index contributed by atoms with van der Waals surface area (Å²) in [5.74, 6) is 1.49. The highest BCUT2D eigenvalue weighted by Gasteiger charge is 2.17. The van der Waals surface area contributed by atoms with Gasteiger partial charge in [0.1, 0.15) is 17.4 Å². The molecule has 1 unspecified atom stereocenters. The fourth-order valence-corrected chi connectivity index (χ4v) is 2.70. The molecule has 0 bridgehead atoms. The van der Waals surface area contributed by atoms with Gasteiger partial charge in [0, 0.05) is 17.4 Å². The number of aromatic carboxylic acids is 1. The second-order valence-electron chi connectivity index (χ2n) is 5.55. The van der Waals surface area contributed by atoms with Crippen molar-refractivity contribution in [3.63, 3.8) is 0 Å². The van der Waals surface area contributed by atoms with Crippen LogP contribution in [0.3, 0.4) is 0 Å². The van der Waals surface area contributed by atoms with E-state index < -0.39 is 34.4 Å². The number of halogens is 2. The van der Waals surface area contributed by atoms with Gasteiger partial charge in [-0.1, -0.05) is 39.3 Å². The van der Waals surface area contributed by atoms with Gasteiger partial charge in [0.05, 0.1) is 5.56 Å². The Hall–Kier alpha value is -3.62. The molecule has 29 heavy (non-hydrogen) atoms. The predicted molar refractivity (Wildman–Crippen MR) is 94.8 cm³/mol. The topological polar surface area (TPSA) is 128 Å². The second-order valence-corrected chi connectivity index (χ2v) is 6.44. The molecule has 0 aliphatic rings. The Kier molecular flexibility index (Phi) is 5.96. The maximum atomic E-state index is 14.2. The Morgan fingerprint density at radius 1 is 1.21 bits per heavy atom. The summed E-state index contributed by atoms with van der Waals surface area (Å²) in [7, 11) is 0. The van der Waals surface area contributed by atoms with Crippen molar-refractivity contribution < 1.29 is 32.2 Å². The summed E-state index contributed by atoms with van der Waals surface area (Å²) < 4.78 is 54.6. The lowest BCUT2D eigenvalue weighted by atomic mass is 10.1. The summed E-state index contributed by atoms with van der Waals surface area (Å²) in [6.07, 6.45) is 0. The molecule has 11 heteroatoms. The number of aromatic amines is 1. The Morgan fingerprint density at radius 3 is 2.66 bits per heavy atom. The summed E-state index contributed by atoms with van der Waals surface area (Å²) >= 11 is -2.42. The molecule has 8 nitrogen and oxygen atoms in total. The number of carboxylic acids is 1. The van der Waals surface area contributed by atoms with Crippen molar-refractivity contribution >= 4 is 17.0 Å². The smallest absolute Gasteiger partial charge is 0.359 e. The van der Waals surface area contributed by atoms with E-state index in [1.54, 1.807) is 0 Å². The SMILES string of the molecule is O=C(O)c1[nH]nnc1Oc1ccc(C#Cc2ccc(CS(=O)[O-])c(F)c2)c(F)c1. The van der Waals surface area contributed by atoms with E-state index in [1.165, 1.54) is 24.3 Å². The van der Waals surface area contributed by atoms with Crippen molar-refractivity contribution in [2.24, 2.45) is 0 Å². The van der Waals surface area contributed by atoms with Gasteiger partial charge in [-0.05, 0) is 29.8 Å². The standard InChI is InChI=1S/C18H11F2N3O5S/c19-14-7-10(2-4-12(14)9-29(26)27)1-3-11-5-6-13(8-15(11)20)28-17-16(18(24)25)21-23-22-17/h2,4-8H,9H2,(H,24,25)(H,26,27)(H,21,22,23)/p-1. The van der Waals surface area contributed by atoms with E-state index in [-0.39, 0.29) is 34.0 Å². The first-order valence-electron chi connectivity index (χ1n) is 7.81. The molecular weight excluding hydrogens is 408 g/mol. The van der Waals surface area contributed by atoms with Crippen LogP contribution < -0.4 is 4.74 Å². The molecular formula is C18H10F2N3O5S-. The minimum absolute atomic E-state index is 0.00477. The molecule has 2 N–H and O–H groups in total.